The van der Waals surface area contributed by atoms with Crippen molar-refractivity contribution < 1.29 is 0 Å². The summed E-state index contributed by atoms with van der Waals surface area (Å²) in [6, 6.07) is 17.9. The van der Waals surface area contributed by atoms with Crippen molar-refractivity contribution in [3.8, 4) is 5.69 Å². The van der Waals surface area contributed by atoms with Gasteiger partial charge in [0.25, 0.3) is 5.95 Å². The van der Waals surface area contributed by atoms with Crippen molar-refractivity contribution in [3.05, 3.63) is 78.2 Å². The van der Waals surface area contributed by atoms with E-state index in [9.17, 15) is 0 Å². The highest BCUT2D eigenvalue weighted by Crippen LogP contribution is 2.19. The van der Waals surface area contributed by atoms with Crippen LogP contribution in [0.25, 0.3) is 16.6 Å². The number of hydrogen-bond donors (Lipinski definition) is 1. The molecule has 122 valence electrons. The van der Waals surface area contributed by atoms with Crippen molar-refractivity contribution >= 4 is 23.1 Å². The molecule has 0 atom stereocenters. The Bertz CT molecular complexity index is 1050. The van der Waals surface area contributed by atoms with E-state index >= 15 is 0 Å². The number of nitrogens with one attached hydrogen (secondary N) is 1. The molecule has 0 saturated heterocycles. The largest absolute Gasteiger partial charge is 0.262 e. The van der Waals surface area contributed by atoms with Gasteiger partial charge in [-0.2, -0.15) is 10.1 Å². The van der Waals surface area contributed by atoms with Crippen LogP contribution in [0.5, 0.6) is 0 Å². The van der Waals surface area contributed by atoms with Crippen LogP contribution >= 0.6 is 0 Å². The quantitative estimate of drug-likeness (QED) is 0.459. The molecule has 0 amide bonds. The van der Waals surface area contributed by atoms with Crippen LogP contribution in [0.15, 0.2) is 72.2 Å². The van der Waals surface area contributed by atoms with Crippen LogP contribution in [0.3, 0.4) is 0 Å². The fraction of sp³-hybridized carbons (Fsp3) is 0.0526. The maximum Gasteiger partial charge on any atom is 0.262 e. The summed E-state index contributed by atoms with van der Waals surface area (Å²) in [7, 11) is 0. The SMILES string of the molecule is Cc1cccc(C=NNc2ncn(-c3ccnc4ccccc34)n2)c1. The number of rotatable bonds is 4. The molecule has 6 heteroatoms. The first-order valence-electron chi connectivity index (χ1n) is 7.91. The number of nitrogens with zero attached hydrogens (tertiary/aromatic N) is 5. The molecule has 1 N–H and O–H groups in total. The Morgan fingerprint density at radius 3 is 2.88 bits per heavy atom. The van der Waals surface area contributed by atoms with Crippen molar-refractivity contribution in [2.45, 2.75) is 6.92 Å². The fourth-order valence-corrected chi connectivity index (χ4v) is 2.63. The molecule has 0 bridgehead atoms. The molecule has 0 aliphatic heterocycles. The number of aryl methyl sites for hydroxylation is 1. The minimum atomic E-state index is 0.435. The molecule has 0 unspecified atom stereocenters. The van der Waals surface area contributed by atoms with Gasteiger partial charge in [0.1, 0.15) is 6.33 Å². The lowest BCUT2D eigenvalue weighted by Crippen LogP contribution is -1.98. The summed E-state index contributed by atoms with van der Waals surface area (Å²) in [5, 5.41) is 9.65. The zero-order valence-corrected chi connectivity index (χ0v) is 13.7. The van der Waals surface area contributed by atoms with Crippen molar-refractivity contribution in [2.75, 3.05) is 5.43 Å². The Morgan fingerprint density at radius 1 is 1.04 bits per heavy atom. The molecule has 2 aromatic heterocycles. The van der Waals surface area contributed by atoms with Crippen LogP contribution in [0.1, 0.15) is 11.1 Å². The number of anilines is 1. The smallest absolute Gasteiger partial charge is 0.256 e. The summed E-state index contributed by atoms with van der Waals surface area (Å²) in [4.78, 5) is 8.62. The summed E-state index contributed by atoms with van der Waals surface area (Å²) in [5.41, 5.74) is 6.92. The molecule has 0 radical (unpaired) electrons. The normalized spacial score (nSPS) is 11.2. The van der Waals surface area contributed by atoms with Crippen molar-refractivity contribution in [1.29, 1.82) is 0 Å². The lowest BCUT2D eigenvalue weighted by molar-refractivity contribution is 0.885. The molecule has 0 spiro atoms. The molecule has 0 aliphatic rings. The molecule has 0 fully saturated rings. The third kappa shape index (κ3) is 3.23. The molecule has 0 aliphatic carbocycles. The molecule has 2 heterocycles. The van der Waals surface area contributed by atoms with Gasteiger partial charge in [-0.05, 0) is 24.6 Å². The maximum atomic E-state index is 4.43. The summed E-state index contributed by atoms with van der Waals surface area (Å²) < 4.78 is 1.72. The fourth-order valence-electron chi connectivity index (χ4n) is 2.63. The number of pyridine rings is 1. The molecular weight excluding hydrogens is 312 g/mol. The Kier molecular flexibility index (Phi) is 3.92. The van der Waals surface area contributed by atoms with Gasteiger partial charge in [0.05, 0.1) is 17.4 Å². The van der Waals surface area contributed by atoms with Crippen LogP contribution in [-0.4, -0.2) is 26.0 Å². The number of hydrogen-bond acceptors (Lipinski definition) is 5. The monoisotopic (exact) mass is 328 g/mol. The second-order valence-electron chi connectivity index (χ2n) is 5.64. The van der Waals surface area contributed by atoms with E-state index in [0.717, 1.165) is 22.2 Å². The van der Waals surface area contributed by atoms with E-state index in [1.807, 2.05) is 55.5 Å². The van der Waals surface area contributed by atoms with Gasteiger partial charge >= 0.3 is 0 Å². The van der Waals surface area contributed by atoms with E-state index in [1.54, 1.807) is 23.4 Å². The van der Waals surface area contributed by atoms with Gasteiger partial charge in [-0.1, -0.05) is 48.0 Å². The van der Waals surface area contributed by atoms with E-state index in [-0.39, 0.29) is 0 Å². The van der Waals surface area contributed by atoms with Crippen molar-refractivity contribution in [3.63, 3.8) is 0 Å². The Morgan fingerprint density at radius 2 is 1.96 bits per heavy atom. The van der Waals surface area contributed by atoms with E-state index in [2.05, 4.69) is 31.7 Å². The number of aromatic nitrogens is 4. The van der Waals surface area contributed by atoms with Gasteiger partial charge < -0.3 is 0 Å². The number of para-hydroxylation sites is 1. The first-order chi connectivity index (χ1) is 12.3. The lowest BCUT2D eigenvalue weighted by atomic mass is 10.2. The van der Waals surface area contributed by atoms with Crippen LogP contribution in [0.4, 0.5) is 5.95 Å². The molecule has 4 aromatic rings. The Labute approximate surface area is 144 Å². The highest BCUT2D eigenvalue weighted by Gasteiger charge is 2.06. The van der Waals surface area contributed by atoms with Gasteiger partial charge in [-0.25, -0.2) is 10.1 Å². The second-order valence-corrected chi connectivity index (χ2v) is 5.64. The minimum absolute atomic E-state index is 0.435. The molecule has 2 aromatic carbocycles. The van der Waals surface area contributed by atoms with Crippen LogP contribution in [0, 0.1) is 6.92 Å². The van der Waals surface area contributed by atoms with Crippen LogP contribution in [-0.2, 0) is 0 Å². The lowest BCUT2D eigenvalue weighted by Gasteiger charge is -2.04. The predicted octanol–water partition coefficient (Wildman–Crippen LogP) is 3.57. The average molecular weight is 328 g/mol. The third-order valence-corrected chi connectivity index (χ3v) is 3.79. The zero-order chi connectivity index (χ0) is 17.1. The Balaban J connectivity index is 1.56. The second kappa shape index (κ2) is 6.52. The van der Waals surface area contributed by atoms with Crippen molar-refractivity contribution in [1.82, 2.24) is 19.7 Å². The number of benzene rings is 2. The van der Waals surface area contributed by atoms with Gasteiger partial charge in [0, 0.05) is 11.6 Å². The molecular formula is C19H16N6. The topological polar surface area (TPSA) is 68.0 Å². The molecule has 0 saturated carbocycles. The van der Waals surface area contributed by atoms with Gasteiger partial charge in [-0.3, -0.25) is 4.98 Å². The van der Waals surface area contributed by atoms with Crippen molar-refractivity contribution in [2.24, 2.45) is 5.10 Å². The summed E-state index contributed by atoms with van der Waals surface area (Å²) in [5.74, 6) is 0.435. The summed E-state index contributed by atoms with van der Waals surface area (Å²) in [6.45, 7) is 2.05. The molecule has 4 rings (SSSR count). The maximum absolute atomic E-state index is 4.43. The van der Waals surface area contributed by atoms with Gasteiger partial charge in [-0.15, -0.1) is 5.10 Å². The first-order valence-corrected chi connectivity index (χ1v) is 7.91. The first kappa shape index (κ1) is 15.0. The average Bonchev–Trinajstić information content (AvgIpc) is 3.10. The number of hydrazone groups is 1. The number of fused-ring (bicyclic) bond motifs is 1. The third-order valence-electron chi connectivity index (χ3n) is 3.79. The highest BCUT2D eigenvalue weighted by molar-refractivity contribution is 5.86. The predicted molar refractivity (Wildman–Crippen MR) is 99.1 cm³/mol. The Hall–Kier alpha value is -3.54. The van der Waals surface area contributed by atoms with E-state index in [1.165, 1.54) is 5.56 Å². The standard InChI is InChI=1S/C19H16N6/c1-14-5-4-6-15(11-14)12-22-23-19-21-13-25(24-19)18-9-10-20-17-8-3-2-7-16(17)18/h2-13H,1H3,(H,23,24). The zero-order valence-electron chi connectivity index (χ0n) is 13.7. The van der Waals surface area contributed by atoms with E-state index in [0.29, 0.717) is 5.95 Å². The molecule has 6 nitrogen and oxygen atoms in total. The van der Waals surface area contributed by atoms with Crippen LogP contribution < -0.4 is 5.43 Å². The highest BCUT2D eigenvalue weighted by atomic mass is 15.4. The minimum Gasteiger partial charge on any atom is -0.256 e. The van der Waals surface area contributed by atoms with Crippen LogP contribution in [0.2, 0.25) is 0 Å². The van der Waals surface area contributed by atoms with E-state index < -0.39 is 0 Å². The van der Waals surface area contributed by atoms with Gasteiger partial charge in [0.2, 0.25) is 0 Å². The molecule has 25 heavy (non-hydrogen) atoms. The van der Waals surface area contributed by atoms with E-state index in [4.69, 9.17) is 0 Å². The van der Waals surface area contributed by atoms with Gasteiger partial charge in [0.15, 0.2) is 0 Å². The summed E-state index contributed by atoms with van der Waals surface area (Å²) >= 11 is 0. The summed E-state index contributed by atoms with van der Waals surface area (Å²) in [6.07, 6.45) is 5.17.